The van der Waals surface area contributed by atoms with Gasteiger partial charge in [0.15, 0.2) is 5.79 Å². The largest absolute Gasteiger partial charge is 0.392 e. The Morgan fingerprint density at radius 3 is 2.60 bits per heavy atom. The number of fused-ring (bicyclic) bond motifs is 5. The van der Waals surface area contributed by atoms with Crippen molar-refractivity contribution in [3.63, 3.8) is 0 Å². The molecule has 0 amide bonds. The molecule has 3 N–H and O–H groups in total. The first-order valence-electron chi connectivity index (χ1n) is 11.8. The Morgan fingerprint density at radius 1 is 1.20 bits per heavy atom. The molecule has 0 saturated heterocycles. The van der Waals surface area contributed by atoms with Crippen LogP contribution in [0.1, 0.15) is 79.6 Å². The van der Waals surface area contributed by atoms with E-state index in [-0.39, 0.29) is 23.9 Å². The van der Waals surface area contributed by atoms with Crippen molar-refractivity contribution in [2.24, 2.45) is 22.7 Å². The Hall–Kier alpha value is -0.940. The summed E-state index contributed by atoms with van der Waals surface area (Å²) in [6, 6.07) is 0. The lowest BCUT2D eigenvalue weighted by molar-refractivity contribution is -0.245. The summed E-state index contributed by atoms with van der Waals surface area (Å²) in [7, 11) is 0. The van der Waals surface area contributed by atoms with Crippen molar-refractivity contribution in [2.45, 2.75) is 97.1 Å². The lowest BCUT2D eigenvalue weighted by Crippen LogP contribution is -2.56. The highest BCUT2D eigenvalue weighted by Gasteiger charge is 2.58. The van der Waals surface area contributed by atoms with Crippen molar-refractivity contribution in [1.82, 2.24) is 0 Å². The number of ether oxygens (including phenoxy) is 1. The molecule has 168 valence electrons. The summed E-state index contributed by atoms with van der Waals surface area (Å²) in [4.78, 5) is 0. The maximum absolute atomic E-state index is 11.3. The minimum atomic E-state index is -1.37. The van der Waals surface area contributed by atoms with Gasteiger partial charge >= 0.3 is 0 Å². The Labute approximate surface area is 181 Å². The highest BCUT2D eigenvalue weighted by atomic mass is 16.6. The summed E-state index contributed by atoms with van der Waals surface area (Å²) < 4.78 is 5.83. The molecule has 0 aromatic heterocycles. The van der Waals surface area contributed by atoms with E-state index in [0.29, 0.717) is 24.7 Å². The average Bonchev–Trinajstić information content (AvgIpc) is 2.98. The monoisotopic (exact) mass is 416 g/mol. The van der Waals surface area contributed by atoms with Crippen molar-refractivity contribution in [1.29, 1.82) is 0 Å². The van der Waals surface area contributed by atoms with Gasteiger partial charge in [-0.15, -0.1) is 0 Å². The fraction of sp³-hybridized carbons (Fsp3) is 0.769. The number of hydrogen-bond acceptors (Lipinski definition) is 4. The van der Waals surface area contributed by atoms with Crippen molar-refractivity contribution >= 4 is 0 Å². The van der Waals surface area contributed by atoms with Gasteiger partial charge < -0.3 is 20.1 Å². The normalized spacial score (nSPS) is 43.2. The van der Waals surface area contributed by atoms with Gasteiger partial charge in [0.25, 0.3) is 0 Å². The van der Waals surface area contributed by atoms with Crippen LogP contribution in [0.25, 0.3) is 0 Å². The molecule has 2 saturated carbocycles. The predicted octanol–water partition coefficient (Wildman–Crippen LogP) is 4.65. The summed E-state index contributed by atoms with van der Waals surface area (Å²) in [6.45, 7) is 10.6. The van der Waals surface area contributed by atoms with Gasteiger partial charge in [-0.3, -0.25) is 0 Å². The number of aliphatic hydroxyl groups is 3. The first-order chi connectivity index (χ1) is 13.9. The molecule has 0 aromatic carbocycles. The second-order valence-corrected chi connectivity index (χ2v) is 11.3. The number of rotatable bonds is 5. The fourth-order valence-corrected chi connectivity index (χ4v) is 6.88. The van der Waals surface area contributed by atoms with E-state index in [1.807, 2.05) is 0 Å². The Kier molecular flexibility index (Phi) is 5.42. The van der Waals surface area contributed by atoms with Gasteiger partial charge in [-0.1, -0.05) is 55.7 Å². The van der Waals surface area contributed by atoms with E-state index < -0.39 is 17.5 Å². The molecule has 4 aliphatic rings. The second kappa shape index (κ2) is 7.30. The molecule has 0 aliphatic heterocycles. The average molecular weight is 417 g/mol. The van der Waals surface area contributed by atoms with E-state index in [4.69, 9.17) is 4.74 Å². The van der Waals surface area contributed by atoms with Crippen molar-refractivity contribution < 1.29 is 20.1 Å². The first kappa shape index (κ1) is 22.3. The Morgan fingerprint density at radius 2 is 1.93 bits per heavy atom. The van der Waals surface area contributed by atoms with Crippen LogP contribution in [0.2, 0.25) is 0 Å². The zero-order chi connectivity index (χ0) is 21.9. The van der Waals surface area contributed by atoms with Crippen LogP contribution in [0.15, 0.2) is 34.9 Å². The van der Waals surface area contributed by atoms with E-state index in [0.717, 1.165) is 24.8 Å². The molecule has 0 radical (unpaired) electrons. The fourth-order valence-electron chi connectivity index (χ4n) is 6.88. The van der Waals surface area contributed by atoms with Crippen LogP contribution < -0.4 is 0 Å². The van der Waals surface area contributed by atoms with Crippen LogP contribution in [0.3, 0.4) is 0 Å². The molecular formula is C26H40O4. The standard InChI is InChI=1S/C26H40O4/c1-6-17-8-10-20-19-9-7-18-15-26(29,30-14-13-23(2,3)28)16-22(27)25(18,5)21(19)11-12-24(17,20)4/h7-9,20-22,27-29H,6,10-16H2,1-5H3/t20-,21+,22-,24+,25-,26-/m0/s1. The minimum absolute atomic E-state index is 0.219. The van der Waals surface area contributed by atoms with Gasteiger partial charge in [-0.2, -0.15) is 0 Å². The number of allylic oxidation sites excluding steroid dienone is 5. The van der Waals surface area contributed by atoms with Crippen LogP contribution >= 0.6 is 0 Å². The van der Waals surface area contributed by atoms with E-state index in [1.54, 1.807) is 19.4 Å². The summed E-state index contributed by atoms with van der Waals surface area (Å²) in [6.07, 6.45) is 11.8. The van der Waals surface area contributed by atoms with Crippen molar-refractivity contribution in [3.05, 3.63) is 34.9 Å². The predicted molar refractivity (Wildman–Crippen MR) is 119 cm³/mol. The molecule has 6 atom stereocenters. The van der Waals surface area contributed by atoms with Crippen LogP contribution in [-0.4, -0.2) is 39.4 Å². The number of aliphatic hydroxyl groups excluding tert-OH is 1. The summed E-state index contributed by atoms with van der Waals surface area (Å²) in [5, 5.41) is 32.4. The van der Waals surface area contributed by atoms with Gasteiger partial charge in [0.05, 0.1) is 18.3 Å². The van der Waals surface area contributed by atoms with Gasteiger partial charge in [0.2, 0.25) is 0 Å². The van der Waals surface area contributed by atoms with Crippen LogP contribution in [0.4, 0.5) is 0 Å². The van der Waals surface area contributed by atoms with Gasteiger partial charge in [-0.05, 0) is 63.2 Å². The molecule has 4 heteroatoms. The summed E-state index contributed by atoms with van der Waals surface area (Å²) >= 11 is 0. The topological polar surface area (TPSA) is 69.9 Å². The summed E-state index contributed by atoms with van der Waals surface area (Å²) in [5.41, 5.74) is 3.30. The molecule has 0 unspecified atom stereocenters. The third-order valence-corrected chi connectivity index (χ3v) is 8.89. The summed E-state index contributed by atoms with van der Waals surface area (Å²) in [5.74, 6) is -0.498. The SMILES string of the molecule is CCC1=CC[C@H]2C3=CC=C4C[C@](O)(OCCC(C)(C)O)C[C@H](O)[C@]4(C)[C@@H]3CC[C@]12C. The molecule has 2 fully saturated rings. The minimum Gasteiger partial charge on any atom is -0.392 e. The smallest absolute Gasteiger partial charge is 0.171 e. The second-order valence-electron chi connectivity index (χ2n) is 11.3. The molecular weight excluding hydrogens is 376 g/mol. The zero-order valence-electron chi connectivity index (χ0n) is 19.4. The van der Waals surface area contributed by atoms with Crippen LogP contribution in [0, 0.1) is 22.7 Å². The van der Waals surface area contributed by atoms with E-state index in [9.17, 15) is 15.3 Å². The quantitative estimate of drug-likeness (QED) is 0.451. The third-order valence-electron chi connectivity index (χ3n) is 8.89. The first-order valence-corrected chi connectivity index (χ1v) is 11.8. The Bertz CT molecular complexity index is 787. The molecule has 30 heavy (non-hydrogen) atoms. The van der Waals surface area contributed by atoms with Crippen molar-refractivity contribution in [3.8, 4) is 0 Å². The van der Waals surface area contributed by atoms with E-state index in [1.165, 1.54) is 12.0 Å². The lowest BCUT2D eigenvalue weighted by atomic mass is 9.49. The van der Waals surface area contributed by atoms with E-state index >= 15 is 0 Å². The van der Waals surface area contributed by atoms with Crippen LogP contribution in [-0.2, 0) is 4.74 Å². The molecule has 0 spiro atoms. The molecule has 0 aromatic rings. The molecule has 4 nitrogen and oxygen atoms in total. The molecule has 0 heterocycles. The maximum atomic E-state index is 11.3. The van der Waals surface area contributed by atoms with Gasteiger partial charge in [0.1, 0.15) is 0 Å². The van der Waals surface area contributed by atoms with Crippen LogP contribution in [0.5, 0.6) is 0 Å². The zero-order valence-corrected chi connectivity index (χ0v) is 19.4. The molecule has 4 aliphatic carbocycles. The number of hydrogen-bond donors (Lipinski definition) is 3. The van der Waals surface area contributed by atoms with Gasteiger partial charge in [0, 0.05) is 18.3 Å². The molecule has 0 bridgehead atoms. The third kappa shape index (κ3) is 3.44. The highest BCUT2D eigenvalue weighted by Crippen LogP contribution is 2.64. The van der Waals surface area contributed by atoms with Crippen molar-refractivity contribution in [2.75, 3.05) is 6.61 Å². The maximum Gasteiger partial charge on any atom is 0.171 e. The molecule has 4 rings (SSSR count). The lowest BCUT2D eigenvalue weighted by Gasteiger charge is -2.57. The van der Waals surface area contributed by atoms with Gasteiger partial charge in [-0.25, -0.2) is 0 Å². The Balaban J connectivity index is 1.59. The van der Waals surface area contributed by atoms with E-state index in [2.05, 4.69) is 39.0 Å². The highest BCUT2D eigenvalue weighted by molar-refractivity contribution is 5.43.